The minimum absolute atomic E-state index is 0.271. The van der Waals surface area contributed by atoms with Gasteiger partial charge in [0, 0.05) is 28.8 Å². The van der Waals surface area contributed by atoms with Crippen molar-refractivity contribution >= 4 is 29.2 Å². The van der Waals surface area contributed by atoms with Gasteiger partial charge in [0.2, 0.25) is 0 Å². The average Bonchev–Trinajstić information content (AvgIpc) is 3.11. The van der Waals surface area contributed by atoms with Crippen LogP contribution in [0, 0.1) is 0 Å². The second-order valence-corrected chi connectivity index (χ2v) is 8.29. The molecule has 0 atom stereocenters. The van der Waals surface area contributed by atoms with Gasteiger partial charge < -0.3 is 18.9 Å². The van der Waals surface area contributed by atoms with E-state index in [0.717, 1.165) is 0 Å². The monoisotopic (exact) mass is 480 g/mol. The number of ether oxygens (including phenoxy) is 4. The van der Waals surface area contributed by atoms with Crippen molar-refractivity contribution in [3.05, 3.63) is 106 Å². The van der Waals surface area contributed by atoms with Crippen LogP contribution in [-0.2, 0) is 10.3 Å². The smallest absolute Gasteiger partial charge is 0.340 e. The van der Waals surface area contributed by atoms with Gasteiger partial charge in [0.1, 0.15) is 36.2 Å². The van der Waals surface area contributed by atoms with Crippen LogP contribution in [0.3, 0.4) is 0 Å². The highest BCUT2D eigenvalue weighted by molar-refractivity contribution is 6.32. The van der Waals surface area contributed by atoms with Crippen molar-refractivity contribution in [2.24, 2.45) is 0 Å². The molecule has 3 aromatic rings. The van der Waals surface area contributed by atoms with E-state index in [2.05, 4.69) is 13.2 Å². The summed E-state index contributed by atoms with van der Waals surface area (Å²) in [5, 5.41) is 0.693. The molecule has 0 fully saturated rings. The predicted octanol–water partition coefficient (Wildman–Crippen LogP) is 6.69. The lowest BCUT2D eigenvalue weighted by atomic mass is 9.77. The van der Waals surface area contributed by atoms with Crippen LogP contribution in [0.4, 0.5) is 0 Å². The number of hydrogen-bond acceptors (Lipinski definition) is 5. The molecule has 0 unspecified atom stereocenters. The minimum atomic E-state index is -1.29. The maximum Gasteiger partial charge on any atom is 0.340 e. The first-order valence-corrected chi connectivity index (χ1v) is 10.9. The van der Waals surface area contributed by atoms with Crippen LogP contribution in [0.25, 0.3) is 0 Å². The molecular formula is C26H18Cl2O5. The van der Waals surface area contributed by atoms with Gasteiger partial charge in [-0.2, -0.15) is 0 Å². The summed E-state index contributed by atoms with van der Waals surface area (Å²) in [6, 6.07) is 14.0. The van der Waals surface area contributed by atoms with E-state index in [9.17, 15) is 4.79 Å². The van der Waals surface area contributed by atoms with Gasteiger partial charge >= 0.3 is 5.97 Å². The average molecular weight is 481 g/mol. The zero-order valence-corrected chi connectivity index (χ0v) is 18.9. The van der Waals surface area contributed by atoms with Crippen molar-refractivity contribution in [3.8, 4) is 23.0 Å². The van der Waals surface area contributed by atoms with Gasteiger partial charge in [0.15, 0.2) is 5.60 Å². The molecule has 7 heteroatoms. The number of esters is 1. The number of rotatable bonds is 6. The van der Waals surface area contributed by atoms with Gasteiger partial charge in [-0.1, -0.05) is 66.7 Å². The summed E-state index contributed by atoms with van der Waals surface area (Å²) >= 11 is 13.1. The van der Waals surface area contributed by atoms with Crippen LogP contribution < -0.4 is 14.2 Å². The van der Waals surface area contributed by atoms with Crippen LogP contribution in [0.2, 0.25) is 10.0 Å². The van der Waals surface area contributed by atoms with E-state index in [0.29, 0.717) is 55.3 Å². The molecule has 3 aromatic carbocycles. The third-order valence-electron chi connectivity index (χ3n) is 5.53. The van der Waals surface area contributed by atoms with E-state index in [1.807, 2.05) is 12.1 Å². The van der Waals surface area contributed by atoms with Gasteiger partial charge in [-0.25, -0.2) is 4.79 Å². The highest BCUT2D eigenvalue weighted by atomic mass is 35.5. The van der Waals surface area contributed by atoms with Crippen molar-refractivity contribution < 1.29 is 23.7 Å². The maximum atomic E-state index is 12.9. The zero-order valence-electron chi connectivity index (χ0n) is 17.4. The second-order valence-electron chi connectivity index (χ2n) is 7.48. The Morgan fingerprint density at radius 2 is 1.39 bits per heavy atom. The van der Waals surface area contributed by atoms with E-state index in [4.69, 9.17) is 42.1 Å². The lowest BCUT2D eigenvalue weighted by Crippen LogP contribution is -2.33. The summed E-state index contributed by atoms with van der Waals surface area (Å²) in [5.74, 6) is 1.27. The maximum absolute atomic E-state index is 12.9. The number of hydrogen-bond donors (Lipinski definition) is 0. The summed E-state index contributed by atoms with van der Waals surface area (Å²) in [6.45, 7) is 7.87. The van der Waals surface area contributed by atoms with E-state index in [1.54, 1.807) is 48.6 Å². The first kappa shape index (κ1) is 21.4. The quantitative estimate of drug-likeness (QED) is 0.290. The Balaban J connectivity index is 1.78. The third kappa shape index (κ3) is 3.27. The normalized spacial score (nSPS) is 14.4. The van der Waals surface area contributed by atoms with Crippen LogP contribution in [0.1, 0.15) is 27.0 Å². The van der Waals surface area contributed by atoms with Crippen LogP contribution in [0.15, 0.2) is 73.8 Å². The molecular weight excluding hydrogens is 463 g/mol. The molecule has 0 bridgehead atoms. The Morgan fingerprint density at radius 1 is 0.848 bits per heavy atom. The van der Waals surface area contributed by atoms with Gasteiger partial charge in [-0.3, -0.25) is 0 Å². The topological polar surface area (TPSA) is 54.0 Å². The molecule has 0 amide bonds. The fraction of sp³-hybridized carbons (Fsp3) is 0.115. The summed E-state index contributed by atoms with van der Waals surface area (Å²) in [6.07, 6.45) is 3.24. The van der Waals surface area contributed by atoms with Crippen LogP contribution in [0.5, 0.6) is 23.0 Å². The second kappa shape index (κ2) is 8.18. The van der Waals surface area contributed by atoms with Crippen molar-refractivity contribution in [3.63, 3.8) is 0 Å². The highest BCUT2D eigenvalue weighted by Crippen LogP contribution is 2.58. The molecule has 0 aromatic heterocycles. The van der Waals surface area contributed by atoms with Gasteiger partial charge in [-0.15, -0.1) is 0 Å². The summed E-state index contributed by atoms with van der Waals surface area (Å²) in [5.41, 5.74) is 0.979. The largest absolute Gasteiger partial charge is 0.488 e. The summed E-state index contributed by atoms with van der Waals surface area (Å²) in [7, 11) is 0. The Hall–Kier alpha value is -3.41. The molecule has 0 N–H and O–H groups in total. The number of carbonyl (C=O) groups is 1. The SMILES string of the molecule is C=CCOc1cc2c(cc1Cl)C1(OC(=O)c3ccccc31)c1cc(Cl)c(OCC=C)cc1O2. The van der Waals surface area contributed by atoms with E-state index in [1.165, 1.54) is 0 Å². The highest BCUT2D eigenvalue weighted by Gasteiger charge is 2.54. The molecule has 33 heavy (non-hydrogen) atoms. The number of carbonyl (C=O) groups excluding carboxylic acids is 1. The first-order valence-electron chi connectivity index (χ1n) is 10.2. The van der Waals surface area contributed by atoms with Crippen molar-refractivity contribution in [2.45, 2.75) is 5.60 Å². The summed E-state index contributed by atoms with van der Waals surface area (Å²) in [4.78, 5) is 12.9. The van der Waals surface area contributed by atoms with Crippen molar-refractivity contribution in [1.29, 1.82) is 0 Å². The Labute approximate surface area is 200 Å². The van der Waals surface area contributed by atoms with E-state index >= 15 is 0 Å². The van der Waals surface area contributed by atoms with Crippen molar-refractivity contribution in [1.82, 2.24) is 0 Å². The molecule has 5 rings (SSSR count). The zero-order chi connectivity index (χ0) is 23.2. The van der Waals surface area contributed by atoms with Crippen LogP contribution >= 0.6 is 23.2 Å². The van der Waals surface area contributed by atoms with Crippen LogP contribution in [-0.4, -0.2) is 19.2 Å². The molecule has 0 saturated carbocycles. The minimum Gasteiger partial charge on any atom is -0.488 e. The van der Waals surface area contributed by atoms with E-state index in [-0.39, 0.29) is 13.2 Å². The fourth-order valence-corrected chi connectivity index (χ4v) is 4.62. The molecule has 5 nitrogen and oxygen atoms in total. The molecule has 1 spiro atoms. The lowest BCUT2D eigenvalue weighted by Gasteiger charge is -2.37. The van der Waals surface area contributed by atoms with Gasteiger partial charge in [0.05, 0.1) is 15.6 Å². The number of halogens is 2. The molecule has 0 saturated heterocycles. The van der Waals surface area contributed by atoms with E-state index < -0.39 is 11.6 Å². The molecule has 2 aliphatic rings. The molecule has 2 aliphatic heterocycles. The number of benzene rings is 3. The Morgan fingerprint density at radius 3 is 1.94 bits per heavy atom. The standard InChI is InChI=1S/C26H18Cl2O5/c1-3-9-30-23-13-21-17(11-19(23)27)26(16-8-6-5-7-15(16)25(29)33-26)18-12-20(28)24(31-10-4-2)14-22(18)32-21/h3-8,11-14H,1-2,9-10H2. The predicted molar refractivity (Wildman–Crippen MR) is 126 cm³/mol. The Kier molecular flexibility index (Phi) is 5.31. The van der Waals surface area contributed by atoms with Crippen molar-refractivity contribution in [2.75, 3.05) is 13.2 Å². The fourth-order valence-electron chi connectivity index (χ4n) is 4.19. The third-order valence-corrected chi connectivity index (χ3v) is 6.12. The molecule has 0 aliphatic carbocycles. The number of fused-ring (bicyclic) bond motifs is 6. The Bertz CT molecular complexity index is 1250. The van der Waals surface area contributed by atoms with Gasteiger partial charge in [0.25, 0.3) is 0 Å². The molecule has 0 radical (unpaired) electrons. The van der Waals surface area contributed by atoms with Gasteiger partial charge in [-0.05, 0) is 18.2 Å². The lowest BCUT2D eigenvalue weighted by molar-refractivity contribution is 0.0224. The molecule has 2 heterocycles. The summed E-state index contributed by atoms with van der Waals surface area (Å²) < 4.78 is 23.7. The first-order chi connectivity index (χ1) is 16.0. The molecule has 166 valence electrons.